The van der Waals surface area contributed by atoms with Gasteiger partial charge in [-0.05, 0) is 37.0 Å². The summed E-state index contributed by atoms with van der Waals surface area (Å²) in [7, 11) is 0. The van der Waals surface area contributed by atoms with Gasteiger partial charge in [0.2, 0.25) is 5.91 Å². The van der Waals surface area contributed by atoms with E-state index in [9.17, 15) is 14.4 Å². The number of piperidine rings is 1. The normalized spacial score (nSPS) is 14.4. The van der Waals surface area contributed by atoms with E-state index in [1.807, 2.05) is 30.3 Å². The lowest BCUT2D eigenvalue weighted by Gasteiger charge is -2.27. The molecule has 28 heavy (non-hydrogen) atoms. The number of nitrogens with zero attached hydrogens (tertiary/aromatic N) is 4. The van der Waals surface area contributed by atoms with Gasteiger partial charge >= 0.3 is 5.69 Å². The number of fused-ring (bicyclic) bond motifs is 1. The number of pyridine rings is 1. The van der Waals surface area contributed by atoms with E-state index in [0.717, 1.165) is 29.4 Å². The second-order valence-electron chi connectivity index (χ2n) is 7.06. The average molecular weight is 378 g/mol. The summed E-state index contributed by atoms with van der Waals surface area (Å²) >= 11 is 0. The van der Waals surface area contributed by atoms with Gasteiger partial charge in [0.25, 0.3) is 5.56 Å². The maximum atomic E-state index is 13.2. The first kappa shape index (κ1) is 18.2. The molecule has 1 saturated heterocycles. The molecule has 0 unspecified atom stereocenters. The lowest BCUT2D eigenvalue weighted by molar-refractivity contribution is -0.132. The zero-order valence-electron chi connectivity index (χ0n) is 15.6. The van der Waals surface area contributed by atoms with Crippen LogP contribution in [-0.4, -0.2) is 38.0 Å². The summed E-state index contributed by atoms with van der Waals surface area (Å²) < 4.78 is 2.54. The Morgan fingerprint density at radius 1 is 0.929 bits per heavy atom. The first-order chi connectivity index (χ1) is 13.6. The van der Waals surface area contributed by atoms with Crippen molar-refractivity contribution in [1.82, 2.24) is 19.0 Å². The molecule has 0 N–H and O–H groups in total. The van der Waals surface area contributed by atoms with Gasteiger partial charge in [-0.15, -0.1) is 0 Å². The van der Waals surface area contributed by atoms with E-state index < -0.39 is 11.2 Å². The van der Waals surface area contributed by atoms with Crippen molar-refractivity contribution in [3.63, 3.8) is 0 Å². The van der Waals surface area contributed by atoms with Crippen LogP contribution >= 0.6 is 0 Å². The highest BCUT2D eigenvalue weighted by Crippen LogP contribution is 2.11. The molecule has 0 spiro atoms. The minimum Gasteiger partial charge on any atom is -0.341 e. The highest BCUT2D eigenvalue weighted by molar-refractivity contribution is 5.79. The number of likely N-dealkylation sites (tertiary alicyclic amines) is 1. The smallest absolute Gasteiger partial charge is 0.332 e. The van der Waals surface area contributed by atoms with E-state index in [0.29, 0.717) is 18.6 Å². The zero-order chi connectivity index (χ0) is 19.5. The van der Waals surface area contributed by atoms with Gasteiger partial charge in [0.05, 0.1) is 12.1 Å². The van der Waals surface area contributed by atoms with Crippen molar-refractivity contribution < 1.29 is 4.79 Å². The Labute approximate surface area is 161 Å². The van der Waals surface area contributed by atoms with Gasteiger partial charge in [-0.25, -0.2) is 9.78 Å². The van der Waals surface area contributed by atoms with Gasteiger partial charge < -0.3 is 4.90 Å². The van der Waals surface area contributed by atoms with Crippen molar-refractivity contribution in [2.45, 2.75) is 32.4 Å². The Morgan fingerprint density at radius 3 is 2.43 bits per heavy atom. The number of amides is 1. The fraction of sp³-hybridized carbons (Fsp3) is 0.333. The Hall–Kier alpha value is -3.22. The highest BCUT2D eigenvalue weighted by atomic mass is 16.2. The summed E-state index contributed by atoms with van der Waals surface area (Å²) in [6, 6.07) is 12.7. The molecule has 1 aliphatic heterocycles. The maximum absolute atomic E-state index is 13.2. The molecule has 0 bridgehead atoms. The highest BCUT2D eigenvalue weighted by Gasteiger charge is 2.20. The number of aromatic nitrogens is 3. The summed E-state index contributed by atoms with van der Waals surface area (Å²) in [5.74, 6) is -0.100. The van der Waals surface area contributed by atoms with Crippen LogP contribution in [0.2, 0.25) is 0 Å². The second-order valence-corrected chi connectivity index (χ2v) is 7.06. The van der Waals surface area contributed by atoms with Gasteiger partial charge in [-0.2, -0.15) is 0 Å². The SMILES string of the molecule is O=C(Cn1c(=O)n(Cc2ccccc2)c(=O)c2ncccc21)N1CCCCC1. The van der Waals surface area contributed by atoms with Crippen molar-refractivity contribution in [3.05, 3.63) is 75.1 Å². The molecular weight excluding hydrogens is 356 g/mol. The van der Waals surface area contributed by atoms with Crippen molar-refractivity contribution in [1.29, 1.82) is 0 Å². The van der Waals surface area contributed by atoms with Crippen LogP contribution in [0.4, 0.5) is 0 Å². The molecule has 0 saturated carbocycles. The molecule has 7 heteroatoms. The van der Waals surface area contributed by atoms with E-state index >= 15 is 0 Å². The third-order valence-corrected chi connectivity index (χ3v) is 5.17. The van der Waals surface area contributed by atoms with E-state index in [2.05, 4.69) is 4.98 Å². The van der Waals surface area contributed by atoms with Gasteiger partial charge in [-0.3, -0.25) is 18.7 Å². The molecule has 0 radical (unpaired) electrons. The number of hydrogen-bond acceptors (Lipinski definition) is 4. The lowest BCUT2D eigenvalue weighted by atomic mass is 10.1. The minimum atomic E-state index is -0.486. The van der Waals surface area contributed by atoms with Crippen LogP contribution in [-0.2, 0) is 17.9 Å². The molecule has 3 heterocycles. The molecule has 3 aromatic rings. The quantitative estimate of drug-likeness (QED) is 0.691. The standard InChI is InChI=1S/C21H22N4O3/c26-18(23-12-5-2-6-13-23)15-24-17-10-7-11-22-19(17)20(27)25(21(24)28)14-16-8-3-1-4-9-16/h1,3-4,7-11H,2,5-6,12-15H2. The van der Waals surface area contributed by atoms with Gasteiger partial charge in [-0.1, -0.05) is 30.3 Å². The molecule has 1 amide bonds. The molecule has 0 aliphatic carbocycles. The minimum absolute atomic E-state index is 0.0872. The van der Waals surface area contributed by atoms with Crippen LogP contribution in [0.15, 0.2) is 58.3 Å². The molecule has 1 aliphatic rings. The van der Waals surface area contributed by atoms with Crippen molar-refractivity contribution in [2.75, 3.05) is 13.1 Å². The van der Waals surface area contributed by atoms with E-state index in [4.69, 9.17) is 0 Å². The van der Waals surface area contributed by atoms with Gasteiger partial charge in [0.15, 0.2) is 5.52 Å². The fourth-order valence-corrected chi connectivity index (χ4v) is 3.68. The molecule has 144 valence electrons. The summed E-state index contributed by atoms with van der Waals surface area (Å²) in [5, 5.41) is 0. The Balaban J connectivity index is 1.79. The Bertz CT molecular complexity index is 1110. The average Bonchev–Trinajstić information content (AvgIpc) is 2.75. The molecule has 4 rings (SSSR count). The van der Waals surface area contributed by atoms with E-state index in [1.165, 1.54) is 10.8 Å². The maximum Gasteiger partial charge on any atom is 0.332 e. The number of benzene rings is 1. The third-order valence-electron chi connectivity index (χ3n) is 5.17. The van der Waals surface area contributed by atoms with E-state index in [-0.39, 0.29) is 24.5 Å². The summed E-state index contributed by atoms with van der Waals surface area (Å²) in [5.41, 5.74) is 0.508. The van der Waals surface area contributed by atoms with Crippen molar-refractivity contribution in [2.24, 2.45) is 0 Å². The number of carbonyl (C=O) groups is 1. The van der Waals surface area contributed by atoms with Crippen LogP contribution in [0.5, 0.6) is 0 Å². The van der Waals surface area contributed by atoms with Crippen molar-refractivity contribution >= 4 is 16.9 Å². The summed E-state index contributed by atoms with van der Waals surface area (Å²) in [6.07, 6.45) is 4.61. The molecule has 2 aromatic heterocycles. The molecule has 0 atom stereocenters. The van der Waals surface area contributed by atoms with Gasteiger partial charge in [0, 0.05) is 19.3 Å². The monoisotopic (exact) mass is 378 g/mol. The lowest BCUT2D eigenvalue weighted by Crippen LogP contribution is -2.44. The second kappa shape index (κ2) is 7.80. The topological polar surface area (TPSA) is 77.2 Å². The largest absolute Gasteiger partial charge is 0.341 e. The number of hydrogen-bond donors (Lipinski definition) is 0. The van der Waals surface area contributed by atoms with Crippen LogP contribution < -0.4 is 11.2 Å². The van der Waals surface area contributed by atoms with Crippen LogP contribution in [0.25, 0.3) is 11.0 Å². The van der Waals surface area contributed by atoms with Gasteiger partial charge in [0.1, 0.15) is 6.54 Å². The van der Waals surface area contributed by atoms with Crippen molar-refractivity contribution in [3.8, 4) is 0 Å². The predicted octanol–water partition coefficient (Wildman–Crippen LogP) is 1.62. The Kier molecular flexibility index (Phi) is 5.06. The van der Waals surface area contributed by atoms with Crippen LogP contribution in [0, 0.1) is 0 Å². The first-order valence-electron chi connectivity index (χ1n) is 9.55. The molecular formula is C21H22N4O3. The van der Waals surface area contributed by atoms with Crippen LogP contribution in [0.3, 0.4) is 0 Å². The number of rotatable bonds is 4. The zero-order valence-corrected chi connectivity index (χ0v) is 15.6. The predicted molar refractivity (Wildman–Crippen MR) is 106 cm³/mol. The Morgan fingerprint density at radius 2 is 1.68 bits per heavy atom. The third kappa shape index (κ3) is 3.47. The summed E-state index contributed by atoms with van der Waals surface area (Å²) in [4.78, 5) is 44.8. The molecule has 1 aromatic carbocycles. The molecule has 1 fully saturated rings. The number of carbonyl (C=O) groups excluding carboxylic acids is 1. The molecule has 7 nitrogen and oxygen atoms in total. The van der Waals surface area contributed by atoms with E-state index in [1.54, 1.807) is 17.0 Å². The first-order valence-corrected chi connectivity index (χ1v) is 9.55. The summed E-state index contributed by atoms with van der Waals surface area (Å²) in [6.45, 7) is 1.49. The van der Waals surface area contributed by atoms with Crippen LogP contribution in [0.1, 0.15) is 24.8 Å². The fourth-order valence-electron chi connectivity index (χ4n) is 3.68.